The molecule has 0 spiro atoms. The van der Waals surface area contributed by atoms with Crippen LogP contribution in [0, 0.1) is 0 Å². The number of anilines is 1. The zero-order valence-corrected chi connectivity index (χ0v) is 11.9. The molecule has 0 bridgehead atoms. The topological polar surface area (TPSA) is 61.4 Å². The maximum absolute atomic E-state index is 11.7. The van der Waals surface area contributed by atoms with Gasteiger partial charge in [-0.3, -0.25) is 4.79 Å². The van der Waals surface area contributed by atoms with Crippen LogP contribution in [0.2, 0.25) is 0 Å². The fraction of sp³-hybridized carbons (Fsp3) is 0.500. The van der Waals surface area contributed by atoms with Crippen molar-refractivity contribution in [3.8, 4) is 0 Å². The molecule has 0 atom stereocenters. The van der Waals surface area contributed by atoms with Gasteiger partial charge in [-0.25, -0.2) is 9.97 Å². The van der Waals surface area contributed by atoms with Crippen LogP contribution in [0.5, 0.6) is 0 Å². The van der Waals surface area contributed by atoms with Crippen molar-refractivity contribution in [3.63, 3.8) is 0 Å². The largest absolute Gasteiger partial charge is 0.348 e. The summed E-state index contributed by atoms with van der Waals surface area (Å²) in [5.41, 5.74) is 0.475. The Labute approximate surface area is 119 Å². The summed E-state index contributed by atoms with van der Waals surface area (Å²) in [7, 11) is 0. The molecule has 6 heteroatoms. The van der Waals surface area contributed by atoms with Gasteiger partial charge >= 0.3 is 0 Å². The van der Waals surface area contributed by atoms with Crippen LogP contribution in [0.25, 0.3) is 0 Å². The summed E-state index contributed by atoms with van der Waals surface area (Å²) in [4.78, 5) is 24.8. The van der Waals surface area contributed by atoms with Crippen LogP contribution in [0.1, 0.15) is 17.3 Å². The molecule has 1 aliphatic heterocycles. The molecule has 0 aliphatic carbocycles. The summed E-state index contributed by atoms with van der Waals surface area (Å²) < 4.78 is 0. The van der Waals surface area contributed by atoms with Crippen LogP contribution >= 0.6 is 0 Å². The van der Waals surface area contributed by atoms with Gasteiger partial charge in [0, 0.05) is 45.1 Å². The molecule has 20 heavy (non-hydrogen) atoms. The lowest BCUT2D eigenvalue weighted by Gasteiger charge is -2.33. The van der Waals surface area contributed by atoms with Gasteiger partial charge in [0.25, 0.3) is 5.91 Å². The van der Waals surface area contributed by atoms with Gasteiger partial charge in [0.2, 0.25) is 5.95 Å². The molecule has 1 aliphatic rings. The summed E-state index contributed by atoms with van der Waals surface area (Å²) in [6.45, 7) is 11.2. The van der Waals surface area contributed by atoms with Crippen molar-refractivity contribution in [2.45, 2.75) is 6.92 Å². The normalized spacial score (nSPS) is 15.9. The lowest BCUT2D eigenvalue weighted by atomic mass is 10.3. The first kappa shape index (κ1) is 14.5. The number of amides is 1. The second kappa shape index (κ2) is 7.00. The molecule has 2 rings (SSSR count). The van der Waals surface area contributed by atoms with Crippen LogP contribution in [-0.4, -0.2) is 60.0 Å². The highest BCUT2D eigenvalue weighted by Gasteiger charge is 2.18. The summed E-state index contributed by atoms with van der Waals surface area (Å²) >= 11 is 0. The first-order chi connectivity index (χ1) is 9.74. The Bertz CT molecular complexity index is 451. The minimum absolute atomic E-state index is 0.174. The van der Waals surface area contributed by atoms with E-state index < -0.39 is 0 Å². The smallest absolute Gasteiger partial charge is 0.254 e. The average molecular weight is 275 g/mol. The van der Waals surface area contributed by atoms with E-state index in [0.717, 1.165) is 32.7 Å². The van der Waals surface area contributed by atoms with E-state index in [2.05, 4.69) is 38.6 Å². The molecule has 0 saturated carbocycles. The Morgan fingerprint density at radius 1 is 1.35 bits per heavy atom. The van der Waals surface area contributed by atoms with E-state index in [-0.39, 0.29) is 5.91 Å². The third-order valence-corrected chi connectivity index (χ3v) is 3.41. The molecule has 1 amide bonds. The van der Waals surface area contributed by atoms with Crippen molar-refractivity contribution < 1.29 is 4.79 Å². The highest BCUT2D eigenvalue weighted by atomic mass is 16.1. The maximum atomic E-state index is 11.7. The molecule has 108 valence electrons. The van der Waals surface area contributed by atoms with Crippen molar-refractivity contribution >= 4 is 11.9 Å². The zero-order chi connectivity index (χ0) is 14.4. The summed E-state index contributed by atoms with van der Waals surface area (Å²) in [5, 5.41) is 2.70. The minimum Gasteiger partial charge on any atom is -0.348 e. The lowest BCUT2D eigenvalue weighted by molar-refractivity contribution is 0.0957. The Morgan fingerprint density at radius 2 is 2.00 bits per heavy atom. The van der Waals surface area contributed by atoms with Crippen molar-refractivity contribution in [1.29, 1.82) is 0 Å². The number of hydrogen-bond donors (Lipinski definition) is 1. The molecule has 1 saturated heterocycles. The molecule has 1 fully saturated rings. The zero-order valence-electron chi connectivity index (χ0n) is 11.9. The van der Waals surface area contributed by atoms with E-state index in [1.54, 1.807) is 18.5 Å². The Balaban J connectivity index is 1.94. The Morgan fingerprint density at radius 3 is 2.55 bits per heavy atom. The fourth-order valence-electron chi connectivity index (χ4n) is 2.13. The van der Waals surface area contributed by atoms with Gasteiger partial charge in [0.1, 0.15) is 0 Å². The number of likely N-dealkylation sites (N-methyl/N-ethyl adjacent to an activating group) is 1. The number of aromatic nitrogens is 2. The van der Waals surface area contributed by atoms with Crippen LogP contribution < -0.4 is 10.2 Å². The maximum Gasteiger partial charge on any atom is 0.254 e. The predicted octanol–water partition coefficient (Wildman–Crippen LogP) is 0.534. The summed E-state index contributed by atoms with van der Waals surface area (Å²) in [6, 6.07) is 0. The van der Waals surface area contributed by atoms with E-state index in [0.29, 0.717) is 18.1 Å². The van der Waals surface area contributed by atoms with E-state index in [1.807, 2.05) is 0 Å². The number of carbonyl (C=O) groups excluding carboxylic acids is 1. The number of rotatable bonds is 5. The summed E-state index contributed by atoms with van der Waals surface area (Å²) in [5.74, 6) is 0.522. The molecule has 6 nitrogen and oxygen atoms in total. The predicted molar refractivity (Wildman–Crippen MR) is 78.9 cm³/mol. The van der Waals surface area contributed by atoms with E-state index in [4.69, 9.17) is 0 Å². The van der Waals surface area contributed by atoms with Crippen LogP contribution in [0.15, 0.2) is 25.0 Å². The van der Waals surface area contributed by atoms with Gasteiger partial charge in [0.05, 0.1) is 5.56 Å². The second-order valence-corrected chi connectivity index (χ2v) is 4.69. The van der Waals surface area contributed by atoms with Crippen molar-refractivity contribution in [2.75, 3.05) is 44.2 Å². The monoisotopic (exact) mass is 275 g/mol. The highest BCUT2D eigenvalue weighted by molar-refractivity contribution is 5.93. The van der Waals surface area contributed by atoms with Crippen molar-refractivity contribution in [2.24, 2.45) is 0 Å². The SMILES string of the molecule is C=CCNC(=O)c1cnc(N2CCN(CC)CC2)nc1. The van der Waals surface area contributed by atoms with Gasteiger partial charge in [-0.2, -0.15) is 0 Å². The molecule has 0 aromatic carbocycles. The quantitative estimate of drug-likeness (QED) is 0.795. The van der Waals surface area contributed by atoms with E-state index in [1.165, 1.54) is 0 Å². The van der Waals surface area contributed by atoms with Gasteiger partial charge in [-0.05, 0) is 6.54 Å². The molecule has 0 unspecified atom stereocenters. The molecule has 2 heterocycles. The number of hydrogen-bond acceptors (Lipinski definition) is 5. The van der Waals surface area contributed by atoms with Crippen LogP contribution in [0.4, 0.5) is 5.95 Å². The van der Waals surface area contributed by atoms with Gasteiger partial charge in [0.15, 0.2) is 0 Å². The second-order valence-electron chi connectivity index (χ2n) is 4.69. The Kier molecular flexibility index (Phi) is 5.06. The third-order valence-electron chi connectivity index (χ3n) is 3.41. The molecule has 1 aromatic rings. The number of carbonyl (C=O) groups is 1. The highest BCUT2D eigenvalue weighted by Crippen LogP contribution is 2.10. The number of nitrogens with zero attached hydrogens (tertiary/aromatic N) is 4. The van der Waals surface area contributed by atoms with E-state index >= 15 is 0 Å². The first-order valence-corrected chi connectivity index (χ1v) is 6.93. The first-order valence-electron chi connectivity index (χ1n) is 6.93. The fourth-order valence-corrected chi connectivity index (χ4v) is 2.13. The molecular formula is C14H21N5O. The molecule has 0 radical (unpaired) electrons. The van der Waals surface area contributed by atoms with Crippen molar-refractivity contribution in [1.82, 2.24) is 20.2 Å². The van der Waals surface area contributed by atoms with Crippen LogP contribution in [-0.2, 0) is 0 Å². The molecule has 1 N–H and O–H groups in total. The van der Waals surface area contributed by atoms with Crippen molar-refractivity contribution in [3.05, 3.63) is 30.6 Å². The Hall–Kier alpha value is -1.95. The third kappa shape index (κ3) is 3.54. The van der Waals surface area contributed by atoms with E-state index in [9.17, 15) is 4.79 Å². The van der Waals surface area contributed by atoms with Crippen LogP contribution in [0.3, 0.4) is 0 Å². The standard InChI is InChI=1S/C14H21N5O/c1-3-5-15-13(20)12-10-16-14(17-11-12)19-8-6-18(4-2)7-9-19/h3,10-11H,1,4-9H2,2H3,(H,15,20). The van der Waals surface area contributed by atoms with Gasteiger partial charge in [-0.15, -0.1) is 6.58 Å². The number of piperazine rings is 1. The minimum atomic E-state index is -0.174. The van der Waals surface area contributed by atoms with Gasteiger partial charge in [-0.1, -0.05) is 13.0 Å². The lowest BCUT2D eigenvalue weighted by Crippen LogP contribution is -2.46. The van der Waals surface area contributed by atoms with Gasteiger partial charge < -0.3 is 15.1 Å². The molecule has 1 aromatic heterocycles. The average Bonchev–Trinajstić information content (AvgIpc) is 2.53. The molecular weight excluding hydrogens is 254 g/mol. The summed E-state index contributed by atoms with van der Waals surface area (Å²) in [6.07, 6.45) is 4.79. The number of nitrogens with one attached hydrogen (secondary N) is 1.